The Kier molecular flexibility index (Phi) is 3.03. The van der Waals surface area contributed by atoms with Gasteiger partial charge in [-0.3, -0.25) is 4.68 Å². The van der Waals surface area contributed by atoms with Gasteiger partial charge >= 0.3 is 0 Å². The molecule has 0 aliphatic heterocycles. The van der Waals surface area contributed by atoms with Gasteiger partial charge in [0.15, 0.2) is 0 Å². The van der Waals surface area contributed by atoms with Gasteiger partial charge in [0, 0.05) is 18.6 Å². The molecule has 1 heterocycles. The first-order valence-electron chi connectivity index (χ1n) is 5.18. The Labute approximate surface area is 99.4 Å². The lowest BCUT2D eigenvalue weighted by atomic mass is 10.1. The summed E-state index contributed by atoms with van der Waals surface area (Å²) in [5.74, 6) is 0. The van der Waals surface area contributed by atoms with E-state index in [0.29, 0.717) is 10.7 Å². The molecule has 1 aromatic heterocycles. The number of anilines is 1. The maximum atomic E-state index is 6.09. The number of fused-ring (bicyclic) bond motifs is 1. The van der Waals surface area contributed by atoms with Crippen LogP contribution in [0.25, 0.3) is 10.9 Å². The van der Waals surface area contributed by atoms with E-state index in [-0.39, 0.29) is 0 Å². The third-order valence-electron chi connectivity index (χ3n) is 2.65. The number of rotatable bonds is 3. The fourth-order valence-corrected chi connectivity index (χ4v) is 2.07. The van der Waals surface area contributed by atoms with E-state index >= 15 is 0 Å². The Morgan fingerprint density at radius 3 is 3.00 bits per heavy atom. The van der Waals surface area contributed by atoms with Gasteiger partial charge < -0.3 is 11.1 Å². The zero-order chi connectivity index (χ0) is 11.7. The molecule has 4 nitrogen and oxygen atoms in total. The summed E-state index contributed by atoms with van der Waals surface area (Å²) in [4.78, 5) is 0. The first-order valence-corrected chi connectivity index (χ1v) is 5.56. The second kappa shape index (κ2) is 4.31. The molecule has 1 aromatic carbocycles. The van der Waals surface area contributed by atoms with Crippen LogP contribution in [-0.2, 0) is 13.5 Å². The van der Waals surface area contributed by atoms with Crippen molar-refractivity contribution in [1.82, 2.24) is 15.1 Å². The van der Waals surface area contributed by atoms with Crippen molar-refractivity contribution in [2.45, 2.75) is 6.42 Å². The predicted molar refractivity (Wildman–Crippen MR) is 67.8 cm³/mol. The molecule has 0 bridgehead atoms. The molecular weight excluding hydrogens is 224 g/mol. The molecule has 0 saturated heterocycles. The van der Waals surface area contributed by atoms with Crippen molar-refractivity contribution in [3.63, 3.8) is 0 Å². The van der Waals surface area contributed by atoms with Gasteiger partial charge in [-0.25, -0.2) is 0 Å². The minimum absolute atomic E-state index is 0.581. The lowest BCUT2D eigenvalue weighted by Crippen LogP contribution is -2.11. The molecule has 0 unspecified atom stereocenters. The molecule has 0 aliphatic rings. The Morgan fingerprint density at radius 2 is 2.31 bits per heavy atom. The molecule has 2 aromatic rings. The van der Waals surface area contributed by atoms with Gasteiger partial charge in [0.05, 0.1) is 16.2 Å². The van der Waals surface area contributed by atoms with Crippen LogP contribution in [0.2, 0.25) is 5.02 Å². The van der Waals surface area contributed by atoms with Gasteiger partial charge in [-0.05, 0) is 31.6 Å². The van der Waals surface area contributed by atoms with Crippen molar-refractivity contribution >= 4 is 28.2 Å². The summed E-state index contributed by atoms with van der Waals surface area (Å²) >= 11 is 6.09. The topological polar surface area (TPSA) is 55.9 Å². The minimum Gasteiger partial charge on any atom is -0.397 e. The number of nitrogens with zero attached hydrogens (tertiary/aromatic N) is 2. The molecule has 0 fully saturated rings. The zero-order valence-corrected chi connectivity index (χ0v) is 10.2. The normalized spacial score (nSPS) is 11.2. The largest absolute Gasteiger partial charge is 0.397 e. The number of nitrogens with one attached hydrogen (secondary N) is 1. The molecule has 0 atom stereocenters. The number of aryl methyl sites for hydroxylation is 1. The molecule has 3 N–H and O–H groups in total. The third-order valence-corrected chi connectivity index (χ3v) is 2.97. The molecule has 86 valence electrons. The summed E-state index contributed by atoms with van der Waals surface area (Å²) in [6.45, 7) is 0.870. The number of nitrogens with two attached hydrogens (primary N) is 1. The fourth-order valence-electron chi connectivity index (χ4n) is 1.85. The number of likely N-dealkylation sites (N-methyl/N-ethyl adjacent to an activating group) is 1. The fraction of sp³-hybridized carbons (Fsp3) is 0.364. The van der Waals surface area contributed by atoms with Gasteiger partial charge in [0.1, 0.15) is 0 Å². The summed E-state index contributed by atoms with van der Waals surface area (Å²) in [5.41, 5.74) is 8.64. The number of nitrogen functional groups attached to an aromatic ring is 1. The SMILES string of the molecule is CNCCc1c(N)c(Cl)cc2nn(C)cc12. The molecule has 0 radical (unpaired) electrons. The number of aromatic nitrogens is 2. The highest BCUT2D eigenvalue weighted by Crippen LogP contribution is 2.30. The molecule has 0 saturated carbocycles. The maximum Gasteiger partial charge on any atom is 0.0942 e. The second-order valence-corrected chi connectivity index (χ2v) is 4.25. The Hall–Kier alpha value is -1.26. The van der Waals surface area contributed by atoms with E-state index in [1.807, 2.05) is 26.4 Å². The predicted octanol–water partition coefficient (Wildman–Crippen LogP) is 1.57. The number of hydrogen-bond donors (Lipinski definition) is 2. The maximum absolute atomic E-state index is 6.09. The lowest BCUT2D eigenvalue weighted by Gasteiger charge is -2.08. The number of benzene rings is 1. The van der Waals surface area contributed by atoms with Crippen LogP contribution >= 0.6 is 11.6 Å². The highest BCUT2D eigenvalue weighted by Gasteiger charge is 2.11. The van der Waals surface area contributed by atoms with Gasteiger partial charge in [-0.2, -0.15) is 5.10 Å². The van der Waals surface area contributed by atoms with E-state index in [0.717, 1.165) is 29.4 Å². The van der Waals surface area contributed by atoms with Crippen molar-refractivity contribution in [2.75, 3.05) is 19.3 Å². The van der Waals surface area contributed by atoms with Crippen molar-refractivity contribution in [3.05, 3.63) is 22.8 Å². The Bertz CT molecular complexity index is 518. The molecule has 2 rings (SSSR count). The van der Waals surface area contributed by atoms with Gasteiger partial charge in [-0.15, -0.1) is 0 Å². The van der Waals surface area contributed by atoms with E-state index in [1.54, 1.807) is 4.68 Å². The summed E-state index contributed by atoms with van der Waals surface area (Å²) < 4.78 is 1.78. The van der Waals surface area contributed by atoms with Gasteiger partial charge in [0.25, 0.3) is 0 Å². The summed E-state index contributed by atoms with van der Waals surface area (Å²) in [7, 11) is 3.81. The second-order valence-electron chi connectivity index (χ2n) is 3.84. The highest BCUT2D eigenvalue weighted by molar-refractivity contribution is 6.34. The smallest absolute Gasteiger partial charge is 0.0942 e. The van der Waals surface area contributed by atoms with Crippen LogP contribution in [0.3, 0.4) is 0 Å². The first-order chi connectivity index (χ1) is 7.63. The molecule has 0 aliphatic carbocycles. The average molecular weight is 239 g/mol. The van der Waals surface area contributed by atoms with Crippen molar-refractivity contribution < 1.29 is 0 Å². The standard InChI is InChI=1S/C11H15ClN4/c1-14-4-3-7-8-6-16(2)15-10(8)5-9(12)11(7)13/h5-6,14H,3-4,13H2,1-2H3. The summed E-state index contributed by atoms with van der Waals surface area (Å²) in [6, 6.07) is 1.81. The quantitative estimate of drug-likeness (QED) is 0.799. The van der Waals surface area contributed by atoms with Crippen LogP contribution < -0.4 is 11.1 Å². The van der Waals surface area contributed by atoms with Crippen LogP contribution in [0.1, 0.15) is 5.56 Å². The van der Waals surface area contributed by atoms with Gasteiger partial charge in [-0.1, -0.05) is 11.6 Å². The molecule has 0 spiro atoms. The van der Waals surface area contributed by atoms with E-state index in [4.69, 9.17) is 17.3 Å². The highest BCUT2D eigenvalue weighted by atomic mass is 35.5. The Balaban J connectivity index is 2.61. The molecular formula is C11H15ClN4. The zero-order valence-electron chi connectivity index (χ0n) is 9.42. The van der Waals surface area contributed by atoms with E-state index in [1.165, 1.54) is 0 Å². The summed E-state index contributed by atoms with van der Waals surface area (Å²) in [5, 5.41) is 9.11. The van der Waals surface area contributed by atoms with E-state index in [9.17, 15) is 0 Å². The van der Waals surface area contributed by atoms with Gasteiger partial charge in [0.2, 0.25) is 0 Å². The minimum atomic E-state index is 0.581. The van der Waals surface area contributed by atoms with Crippen LogP contribution in [0.4, 0.5) is 5.69 Å². The van der Waals surface area contributed by atoms with E-state index in [2.05, 4.69) is 10.4 Å². The monoisotopic (exact) mass is 238 g/mol. The van der Waals surface area contributed by atoms with Crippen LogP contribution in [0.5, 0.6) is 0 Å². The first kappa shape index (κ1) is 11.2. The molecule has 16 heavy (non-hydrogen) atoms. The number of hydrogen-bond acceptors (Lipinski definition) is 3. The Morgan fingerprint density at radius 1 is 1.56 bits per heavy atom. The lowest BCUT2D eigenvalue weighted by molar-refractivity contribution is 0.779. The molecule has 0 amide bonds. The third kappa shape index (κ3) is 1.86. The average Bonchev–Trinajstić information content (AvgIpc) is 2.59. The summed E-state index contributed by atoms with van der Waals surface area (Å²) in [6.07, 6.45) is 2.83. The molecule has 5 heteroatoms. The van der Waals surface area contributed by atoms with Crippen LogP contribution in [0.15, 0.2) is 12.3 Å². The number of halogens is 1. The van der Waals surface area contributed by atoms with Crippen molar-refractivity contribution in [3.8, 4) is 0 Å². The van der Waals surface area contributed by atoms with Crippen LogP contribution in [0, 0.1) is 0 Å². The van der Waals surface area contributed by atoms with Crippen LogP contribution in [-0.4, -0.2) is 23.4 Å². The van der Waals surface area contributed by atoms with E-state index < -0.39 is 0 Å². The van der Waals surface area contributed by atoms with Crippen molar-refractivity contribution in [2.24, 2.45) is 7.05 Å². The van der Waals surface area contributed by atoms with Crippen molar-refractivity contribution in [1.29, 1.82) is 0 Å².